The molecular formula is C21H29ClN6O2S. The predicted molar refractivity (Wildman–Crippen MR) is 125 cm³/mol. The Morgan fingerprint density at radius 2 is 1.90 bits per heavy atom. The number of carbonyl (C=O) groups excluding carboxylic acids is 2. The molecule has 2 heterocycles. The monoisotopic (exact) mass is 464 g/mol. The number of hydrogen-bond acceptors (Lipinski definition) is 7. The van der Waals surface area contributed by atoms with Crippen molar-refractivity contribution in [1.29, 1.82) is 0 Å². The van der Waals surface area contributed by atoms with Crippen molar-refractivity contribution >= 4 is 40.1 Å². The molecule has 0 atom stereocenters. The number of thioether (sulfide) groups is 1. The van der Waals surface area contributed by atoms with E-state index in [1.807, 2.05) is 26.0 Å². The van der Waals surface area contributed by atoms with Crippen LogP contribution in [0.25, 0.3) is 0 Å². The molecule has 1 aliphatic rings. The number of amides is 1. The zero-order valence-electron chi connectivity index (χ0n) is 18.4. The zero-order valence-corrected chi connectivity index (χ0v) is 20.0. The summed E-state index contributed by atoms with van der Waals surface area (Å²) < 4.78 is 1.68. The number of rotatable bonds is 7. The van der Waals surface area contributed by atoms with Gasteiger partial charge >= 0.3 is 0 Å². The fourth-order valence-corrected chi connectivity index (χ4v) is 4.14. The average Bonchev–Trinajstić information content (AvgIpc) is 3.17. The summed E-state index contributed by atoms with van der Waals surface area (Å²) >= 11 is 7.58. The van der Waals surface area contributed by atoms with E-state index in [4.69, 9.17) is 11.6 Å². The fourth-order valence-electron chi connectivity index (χ4n) is 3.35. The zero-order chi connectivity index (χ0) is 22.6. The average molecular weight is 465 g/mol. The van der Waals surface area contributed by atoms with Crippen LogP contribution in [-0.2, 0) is 16.9 Å². The molecule has 1 aromatic heterocycles. The molecule has 1 amide bonds. The van der Waals surface area contributed by atoms with Crippen LogP contribution in [-0.4, -0.2) is 69.9 Å². The third kappa shape index (κ3) is 6.44. The standard InChI is InChI=1S/C21H29ClN6O2S/c1-15(29)31-10-9-28-14-19(24-25-28)21(2,3)23-20(30)16-11-17(22)13-18(12-16)27-7-5-26(4)6-8-27/h11-14H,5-10H2,1-4H3,(H,23,30). The van der Waals surface area contributed by atoms with Crippen LogP contribution in [0.3, 0.4) is 0 Å². The molecular weight excluding hydrogens is 436 g/mol. The summed E-state index contributed by atoms with van der Waals surface area (Å²) in [7, 11) is 2.11. The van der Waals surface area contributed by atoms with Crippen LogP contribution in [0.4, 0.5) is 5.69 Å². The second-order valence-electron chi connectivity index (χ2n) is 8.27. The van der Waals surface area contributed by atoms with Crippen LogP contribution >= 0.6 is 23.4 Å². The molecule has 3 rings (SSSR count). The highest BCUT2D eigenvalue weighted by atomic mass is 35.5. The molecule has 168 valence electrons. The largest absolute Gasteiger partial charge is 0.369 e. The first-order chi connectivity index (χ1) is 14.6. The van der Waals surface area contributed by atoms with Crippen molar-refractivity contribution in [1.82, 2.24) is 25.2 Å². The molecule has 31 heavy (non-hydrogen) atoms. The molecule has 0 unspecified atom stereocenters. The summed E-state index contributed by atoms with van der Waals surface area (Å²) in [6.07, 6.45) is 1.80. The van der Waals surface area contributed by atoms with Crippen molar-refractivity contribution < 1.29 is 9.59 Å². The third-order valence-electron chi connectivity index (χ3n) is 5.24. The van der Waals surface area contributed by atoms with Crippen molar-refractivity contribution in [2.75, 3.05) is 43.9 Å². The van der Waals surface area contributed by atoms with E-state index in [1.165, 1.54) is 11.8 Å². The van der Waals surface area contributed by atoms with E-state index in [2.05, 4.69) is 32.5 Å². The molecule has 1 aliphatic heterocycles. The van der Waals surface area contributed by atoms with Gasteiger partial charge in [-0.3, -0.25) is 14.3 Å². The van der Waals surface area contributed by atoms with Crippen molar-refractivity contribution in [3.8, 4) is 0 Å². The number of likely N-dealkylation sites (N-methyl/N-ethyl adjacent to an activating group) is 1. The highest BCUT2D eigenvalue weighted by Gasteiger charge is 2.27. The first-order valence-corrected chi connectivity index (χ1v) is 11.6. The quantitative estimate of drug-likeness (QED) is 0.674. The summed E-state index contributed by atoms with van der Waals surface area (Å²) in [5, 5.41) is 12.0. The van der Waals surface area contributed by atoms with Gasteiger partial charge in [-0.05, 0) is 39.1 Å². The van der Waals surface area contributed by atoms with Crippen LogP contribution in [0.2, 0.25) is 5.02 Å². The van der Waals surface area contributed by atoms with Gasteiger partial charge in [0.2, 0.25) is 0 Å². The first-order valence-electron chi connectivity index (χ1n) is 10.2. The summed E-state index contributed by atoms with van der Waals surface area (Å²) in [4.78, 5) is 28.6. The number of carbonyl (C=O) groups is 2. The van der Waals surface area contributed by atoms with Crippen molar-refractivity contribution in [3.63, 3.8) is 0 Å². The molecule has 8 nitrogen and oxygen atoms in total. The summed E-state index contributed by atoms with van der Waals surface area (Å²) in [6.45, 7) is 9.63. The Kier molecular flexibility index (Phi) is 7.61. The van der Waals surface area contributed by atoms with E-state index in [9.17, 15) is 9.59 Å². The van der Waals surface area contributed by atoms with Crippen molar-refractivity contribution in [2.24, 2.45) is 0 Å². The normalized spacial score (nSPS) is 15.2. The second kappa shape index (κ2) is 10.0. The van der Waals surface area contributed by atoms with Crippen molar-refractivity contribution in [2.45, 2.75) is 32.9 Å². The van der Waals surface area contributed by atoms with Gasteiger partial charge in [-0.2, -0.15) is 0 Å². The van der Waals surface area contributed by atoms with Gasteiger partial charge in [0.1, 0.15) is 5.69 Å². The van der Waals surface area contributed by atoms with Gasteiger partial charge in [0, 0.05) is 55.1 Å². The highest BCUT2D eigenvalue weighted by molar-refractivity contribution is 8.13. The van der Waals surface area contributed by atoms with E-state index in [-0.39, 0.29) is 11.0 Å². The smallest absolute Gasteiger partial charge is 0.252 e. The topological polar surface area (TPSA) is 83.4 Å². The fraction of sp³-hybridized carbons (Fsp3) is 0.524. The van der Waals surface area contributed by atoms with E-state index in [1.54, 1.807) is 23.9 Å². The van der Waals surface area contributed by atoms with Gasteiger partial charge in [-0.15, -0.1) is 5.10 Å². The number of nitrogens with one attached hydrogen (secondary N) is 1. The molecule has 0 radical (unpaired) electrons. The molecule has 0 spiro atoms. The van der Waals surface area contributed by atoms with Gasteiger partial charge in [0.15, 0.2) is 5.12 Å². The number of piperazine rings is 1. The molecule has 0 saturated carbocycles. The number of halogens is 1. The van der Waals surface area contributed by atoms with Crippen LogP contribution in [0, 0.1) is 0 Å². The second-order valence-corrected chi connectivity index (χ2v) is 9.98. The van der Waals surface area contributed by atoms with E-state index in [0.717, 1.165) is 31.9 Å². The lowest BCUT2D eigenvalue weighted by Crippen LogP contribution is -2.44. The SMILES string of the molecule is CC(=O)SCCn1cc(C(C)(C)NC(=O)c2cc(Cl)cc(N3CCN(C)CC3)c2)nn1. The molecule has 1 saturated heterocycles. The molecule has 1 aromatic carbocycles. The summed E-state index contributed by atoms with van der Waals surface area (Å²) in [5.41, 5.74) is 1.39. The lowest BCUT2D eigenvalue weighted by atomic mass is 10.0. The number of aryl methyl sites for hydroxylation is 1. The lowest BCUT2D eigenvalue weighted by Gasteiger charge is -2.34. The maximum atomic E-state index is 13.0. The van der Waals surface area contributed by atoms with Crippen LogP contribution in [0.15, 0.2) is 24.4 Å². The van der Waals surface area contributed by atoms with Gasteiger partial charge in [0.25, 0.3) is 5.91 Å². The molecule has 1 N–H and O–H groups in total. The Morgan fingerprint density at radius 1 is 1.19 bits per heavy atom. The maximum Gasteiger partial charge on any atom is 0.252 e. The number of anilines is 1. The lowest BCUT2D eigenvalue weighted by molar-refractivity contribution is -0.109. The van der Waals surface area contributed by atoms with Crippen LogP contribution < -0.4 is 10.2 Å². The third-order valence-corrected chi connectivity index (χ3v) is 6.26. The van der Waals surface area contributed by atoms with E-state index in [0.29, 0.717) is 28.6 Å². The maximum absolute atomic E-state index is 13.0. The Hall–Kier alpha value is -2.10. The minimum Gasteiger partial charge on any atom is -0.369 e. The van der Waals surface area contributed by atoms with Gasteiger partial charge in [0.05, 0.1) is 18.3 Å². The molecule has 10 heteroatoms. The Bertz CT molecular complexity index is 940. The Balaban J connectivity index is 1.69. The summed E-state index contributed by atoms with van der Waals surface area (Å²) in [5.74, 6) is 0.409. The van der Waals surface area contributed by atoms with Crippen LogP contribution in [0.5, 0.6) is 0 Å². The van der Waals surface area contributed by atoms with Crippen LogP contribution in [0.1, 0.15) is 36.8 Å². The first kappa shape index (κ1) is 23.6. The summed E-state index contributed by atoms with van der Waals surface area (Å²) in [6, 6.07) is 5.47. The van der Waals surface area contributed by atoms with E-state index < -0.39 is 5.54 Å². The molecule has 0 aliphatic carbocycles. The van der Waals surface area contributed by atoms with Gasteiger partial charge < -0.3 is 15.1 Å². The van der Waals surface area contributed by atoms with Crippen molar-refractivity contribution in [3.05, 3.63) is 40.7 Å². The molecule has 2 aromatic rings. The minimum atomic E-state index is -0.723. The number of aromatic nitrogens is 3. The number of hydrogen-bond donors (Lipinski definition) is 1. The molecule has 1 fully saturated rings. The number of nitrogens with zero attached hydrogens (tertiary/aromatic N) is 5. The highest BCUT2D eigenvalue weighted by Crippen LogP contribution is 2.25. The molecule has 0 bridgehead atoms. The predicted octanol–water partition coefficient (Wildman–Crippen LogP) is 2.63. The minimum absolute atomic E-state index is 0.0744. The Labute approximate surface area is 192 Å². The van der Waals surface area contributed by atoms with E-state index >= 15 is 0 Å². The van der Waals surface area contributed by atoms with Gasteiger partial charge in [-0.1, -0.05) is 28.6 Å². The number of benzene rings is 1. The Morgan fingerprint density at radius 3 is 2.58 bits per heavy atom. The van der Waals surface area contributed by atoms with Gasteiger partial charge in [-0.25, -0.2) is 0 Å².